The van der Waals surface area contributed by atoms with Gasteiger partial charge in [0.1, 0.15) is 5.15 Å². The molecule has 2 rings (SSSR count). The van der Waals surface area contributed by atoms with Crippen molar-refractivity contribution in [3.63, 3.8) is 0 Å². The minimum absolute atomic E-state index is 0.471. The molecule has 1 N–H and O–H groups in total. The molecule has 1 unspecified atom stereocenters. The molecule has 1 aromatic heterocycles. The molecule has 0 saturated heterocycles. The smallest absolute Gasteiger partial charge is 0.130 e. The van der Waals surface area contributed by atoms with E-state index in [0.717, 1.165) is 32.4 Å². The van der Waals surface area contributed by atoms with E-state index in [1.165, 1.54) is 0 Å². The van der Waals surface area contributed by atoms with Gasteiger partial charge in [-0.2, -0.15) is 5.10 Å². The van der Waals surface area contributed by atoms with Gasteiger partial charge in [-0.3, -0.25) is 4.68 Å². The Balaban J connectivity index is 2.31. The first kappa shape index (κ1) is 15.5. The van der Waals surface area contributed by atoms with Crippen LogP contribution in [0, 0.1) is 20.8 Å². The first-order chi connectivity index (χ1) is 9.31. The number of aliphatic hydroxyl groups is 1. The van der Waals surface area contributed by atoms with E-state index in [1.807, 2.05) is 32.9 Å². The summed E-state index contributed by atoms with van der Waals surface area (Å²) in [6.07, 6.45) is -0.111. The molecule has 0 radical (unpaired) electrons. The fraction of sp³-hybridized carbons (Fsp3) is 0.400. The van der Waals surface area contributed by atoms with Crippen molar-refractivity contribution in [2.24, 2.45) is 7.05 Å². The zero-order valence-electron chi connectivity index (χ0n) is 12.0. The maximum absolute atomic E-state index is 10.5. The first-order valence-corrected chi connectivity index (χ1v) is 7.61. The second kappa shape index (κ2) is 5.88. The largest absolute Gasteiger partial charge is 0.388 e. The van der Waals surface area contributed by atoms with E-state index < -0.39 is 6.10 Å². The summed E-state index contributed by atoms with van der Waals surface area (Å²) in [5, 5.41) is 15.3. The summed E-state index contributed by atoms with van der Waals surface area (Å²) < 4.78 is 2.72. The molecule has 0 amide bonds. The fourth-order valence-electron chi connectivity index (χ4n) is 2.39. The molecule has 0 aliphatic carbocycles. The van der Waals surface area contributed by atoms with E-state index >= 15 is 0 Å². The highest BCUT2D eigenvalue weighted by Crippen LogP contribution is 2.29. The van der Waals surface area contributed by atoms with Crippen molar-refractivity contribution in [3.05, 3.63) is 49.7 Å². The Hall–Kier alpha value is -0.840. The number of rotatable bonds is 3. The first-order valence-electron chi connectivity index (χ1n) is 6.44. The average Bonchev–Trinajstić information content (AvgIpc) is 2.62. The lowest BCUT2D eigenvalue weighted by molar-refractivity contribution is 0.178. The van der Waals surface area contributed by atoms with Crippen LogP contribution < -0.4 is 0 Å². The normalized spacial score (nSPS) is 12.8. The van der Waals surface area contributed by atoms with Gasteiger partial charge in [0.2, 0.25) is 0 Å². The van der Waals surface area contributed by atoms with Crippen LogP contribution in [0.2, 0.25) is 5.15 Å². The summed E-state index contributed by atoms with van der Waals surface area (Å²) in [6.45, 7) is 5.96. The van der Waals surface area contributed by atoms with Crippen LogP contribution >= 0.6 is 27.5 Å². The lowest BCUT2D eigenvalue weighted by Crippen LogP contribution is -2.04. The van der Waals surface area contributed by atoms with Crippen molar-refractivity contribution in [3.8, 4) is 0 Å². The summed E-state index contributed by atoms with van der Waals surface area (Å²) in [5.74, 6) is 0. The predicted octanol–water partition coefficient (Wildman–Crippen LogP) is 4.04. The second-order valence-corrected chi connectivity index (χ2v) is 6.32. The highest BCUT2D eigenvalue weighted by atomic mass is 79.9. The maximum Gasteiger partial charge on any atom is 0.130 e. The van der Waals surface area contributed by atoms with E-state index in [4.69, 9.17) is 11.6 Å². The van der Waals surface area contributed by atoms with E-state index in [9.17, 15) is 5.11 Å². The number of hydrogen-bond acceptors (Lipinski definition) is 2. The highest BCUT2D eigenvalue weighted by Gasteiger charge is 2.17. The van der Waals surface area contributed by atoms with Crippen LogP contribution in [0.5, 0.6) is 0 Å². The van der Waals surface area contributed by atoms with Gasteiger partial charge in [-0.05, 0) is 37.5 Å². The van der Waals surface area contributed by atoms with Gasteiger partial charge in [0.05, 0.1) is 11.8 Å². The Labute approximate surface area is 132 Å². The van der Waals surface area contributed by atoms with Crippen molar-refractivity contribution in [2.45, 2.75) is 33.3 Å². The molecule has 0 saturated carbocycles. The molecule has 108 valence electrons. The van der Waals surface area contributed by atoms with Gasteiger partial charge in [0.25, 0.3) is 0 Å². The number of halogens is 2. The van der Waals surface area contributed by atoms with Crippen LogP contribution in [0.1, 0.15) is 34.1 Å². The molecule has 0 fully saturated rings. The predicted molar refractivity (Wildman–Crippen MR) is 85.2 cm³/mol. The highest BCUT2D eigenvalue weighted by molar-refractivity contribution is 9.10. The summed E-state index contributed by atoms with van der Waals surface area (Å²) in [6, 6.07) is 4.00. The molecule has 20 heavy (non-hydrogen) atoms. The Kier molecular flexibility index (Phi) is 4.57. The standard InChI is InChI=1S/C15H18BrClN2O/c1-8-5-11(6-9(2)14(8)16)13(20)7-12-10(3)18-19(4)15(12)17/h5-6,13,20H,7H2,1-4H3. The molecular weight excluding hydrogens is 340 g/mol. The van der Waals surface area contributed by atoms with E-state index in [0.29, 0.717) is 11.6 Å². The Morgan fingerprint density at radius 3 is 2.30 bits per heavy atom. The zero-order chi connectivity index (χ0) is 15.0. The molecule has 0 aliphatic heterocycles. The zero-order valence-corrected chi connectivity index (χ0v) is 14.4. The number of benzene rings is 1. The number of nitrogens with zero attached hydrogens (tertiary/aromatic N) is 2. The number of hydrogen-bond donors (Lipinski definition) is 1. The molecule has 1 heterocycles. The third kappa shape index (κ3) is 2.92. The monoisotopic (exact) mass is 356 g/mol. The van der Waals surface area contributed by atoms with Gasteiger partial charge >= 0.3 is 0 Å². The average molecular weight is 358 g/mol. The van der Waals surface area contributed by atoms with Crippen molar-refractivity contribution in [1.29, 1.82) is 0 Å². The van der Waals surface area contributed by atoms with Gasteiger partial charge < -0.3 is 5.11 Å². The molecule has 0 aliphatic rings. The van der Waals surface area contributed by atoms with Gasteiger partial charge in [-0.1, -0.05) is 39.7 Å². The number of aryl methyl sites for hydroxylation is 4. The fourth-order valence-corrected chi connectivity index (χ4v) is 2.87. The minimum atomic E-state index is -0.583. The Morgan fingerprint density at radius 1 is 1.30 bits per heavy atom. The molecular formula is C15H18BrClN2O. The van der Waals surface area contributed by atoms with Crippen molar-refractivity contribution < 1.29 is 5.11 Å². The molecule has 1 aromatic carbocycles. The summed E-state index contributed by atoms with van der Waals surface area (Å²) in [5.41, 5.74) is 4.91. The third-order valence-corrected chi connectivity index (χ3v) is 5.23. The van der Waals surface area contributed by atoms with Gasteiger partial charge in [0.15, 0.2) is 0 Å². The van der Waals surface area contributed by atoms with Crippen molar-refractivity contribution in [2.75, 3.05) is 0 Å². The van der Waals surface area contributed by atoms with Crippen LogP contribution in [-0.2, 0) is 13.5 Å². The van der Waals surface area contributed by atoms with Gasteiger partial charge in [-0.15, -0.1) is 0 Å². The molecule has 3 nitrogen and oxygen atoms in total. The SMILES string of the molecule is Cc1cc(C(O)Cc2c(C)nn(C)c2Cl)cc(C)c1Br. The number of aromatic nitrogens is 2. The van der Waals surface area contributed by atoms with E-state index in [1.54, 1.807) is 11.7 Å². The second-order valence-electron chi connectivity index (χ2n) is 5.17. The minimum Gasteiger partial charge on any atom is -0.388 e. The summed E-state index contributed by atoms with van der Waals surface area (Å²) in [7, 11) is 1.80. The summed E-state index contributed by atoms with van der Waals surface area (Å²) in [4.78, 5) is 0. The van der Waals surface area contributed by atoms with Crippen LogP contribution in [0.3, 0.4) is 0 Å². The van der Waals surface area contributed by atoms with Crippen LogP contribution in [0.15, 0.2) is 16.6 Å². The quantitative estimate of drug-likeness (QED) is 0.900. The van der Waals surface area contributed by atoms with Crippen molar-refractivity contribution >= 4 is 27.5 Å². The van der Waals surface area contributed by atoms with Crippen LogP contribution in [-0.4, -0.2) is 14.9 Å². The van der Waals surface area contributed by atoms with Gasteiger partial charge in [-0.25, -0.2) is 0 Å². The molecule has 0 spiro atoms. The Morgan fingerprint density at radius 2 is 1.85 bits per heavy atom. The van der Waals surface area contributed by atoms with E-state index in [-0.39, 0.29) is 0 Å². The lowest BCUT2D eigenvalue weighted by Gasteiger charge is -2.14. The Bertz CT molecular complexity index is 629. The third-order valence-electron chi connectivity index (χ3n) is 3.51. The number of aliphatic hydroxyl groups excluding tert-OH is 1. The molecule has 1 atom stereocenters. The molecule has 2 aromatic rings. The van der Waals surface area contributed by atoms with E-state index in [2.05, 4.69) is 21.0 Å². The maximum atomic E-state index is 10.5. The lowest BCUT2D eigenvalue weighted by atomic mass is 9.98. The van der Waals surface area contributed by atoms with Crippen LogP contribution in [0.4, 0.5) is 0 Å². The molecule has 5 heteroatoms. The summed E-state index contributed by atoms with van der Waals surface area (Å²) >= 11 is 9.75. The molecule has 0 bridgehead atoms. The topological polar surface area (TPSA) is 38.1 Å². The van der Waals surface area contributed by atoms with Gasteiger partial charge in [0, 0.05) is 23.5 Å². The van der Waals surface area contributed by atoms with Crippen molar-refractivity contribution in [1.82, 2.24) is 9.78 Å². The van der Waals surface area contributed by atoms with Crippen LogP contribution in [0.25, 0.3) is 0 Å².